The second-order valence-corrected chi connectivity index (χ2v) is 12.9. The van der Waals surface area contributed by atoms with E-state index >= 15 is 0 Å². The minimum Gasteiger partial charge on any atom is -0.335 e. The third kappa shape index (κ3) is 5.66. The molecular formula is C27H31N2O3S3+. The van der Waals surface area contributed by atoms with Gasteiger partial charge in [0.15, 0.2) is 0 Å². The predicted octanol–water partition coefficient (Wildman–Crippen LogP) is 6.21. The van der Waals surface area contributed by atoms with Crippen LogP contribution in [0.15, 0.2) is 76.2 Å². The Morgan fingerprint density at radius 3 is 2.80 bits per heavy atom. The Morgan fingerprint density at radius 2 is 1.97 bits per heavy atom. The molecule has 3 aromatic rings. The van der Waals surface area contributed by atoms with Crippen LogP contribution >= 0.6 is 23.1 Å². The van der Waals surface area contributed by atoms with Crippen molar-refractivity contribution in [3.63, 3.8) is 0 Å². The molecule has 2 aromatic carbocycles. The highest BCUT2D eigenvalue weighted by Crippen LogP contribution is 2.46. The maximum atomic E-state index is 11.2. The van der Waals surface area contributed by atoms with Gasteiger partial charge in [0, 0.05) is 23.9 Å². The summed E-state index contributed by atoms with van der Waals surface area (Å²) >= 11 is 3.66. The summed E-state index contributed by atoms with van der Waals surface area (Å²) in [5.41, 5.74) is 3.81. The number of anilines is 1. The number of aromatic nitrogens is 1. The molecule has 0 fully saturated rings. The van der Waals surface area contributed by atoms with E-state index in [1.165, 1.54) is 38.5 Å². The summed E-state index contributed by atoms with van der Waals surface area (Å²) < 4.78 is 35.5. The molecule has 5 nitrogen and oxygen atoms in total. The van der Waals surface area contributed by atoms with E-state index < -0.39 is 10.1 Å². The first kappa shape index (κ1) is 24.6. The van der Waals surface area contributed by atoms with Crippen molar-refractivity contribution in [2.24, 2.45) is 5.92 Å². The fraction of sp³-hybridized carbons (Fsp3) is 0.370. The predicted molar refractivity (Wildman–Crippen MR) is 146 cm³/mol. The summed E-state index contributed by atoms with van der Waals surface area (Å²) in [6.45, 7) is 3.77. The molecule has 1 N–H and O–H groups in total. The zero-order valence-electron chi connectivity index (χ0n) is 19.9. The number of hydrogen-bond donors (Lipinski definition) is 1. The first-order valence-corrected chi connectivity index (χ1v) is 15.5. The van der Waals surface area contributed by atoms with Crippen molar-refractivity contribution in [2.75, 3.05) is 17.2 Å². The number of hydrogen-bond acceptors (Lipinski definition) is 5. The maximum absolute atomic E-state index is 11.2. The summed E-state index contributed by atoms with van der Waals surface area (Å²) in [7, 11) is -3.96. The van der Waals surface area contributed by atoms with Gasteiger partial charge in [-0.1, -0.05) is 53.4 Å². The Bertz CT molecular complexity index is 1390. The topological polar surface area (TPSA) is 61.5 Å². The molecule has 1 aromatic heterocycles. The quantitative estimate of drug-likeness (QED) is 0.279. The number of para-hydroxylation sites is 2. The van der Waals surface area contributed by atoms with Crippen molar-refractivity contribution in [1.82, 2.24) is 0 Å². The minimum absolute atomic E-state index is 0.221. The lowest BCUT2D eigenvalue weighted by Gasteiger charge is -2.22. The van der Waals surface area contributed by atoms with Gasteiger partial charge in [-0.05, 0) is 68.4 Å². The van der Waals surface area contributed by atoms with Gasteiger partial charge in [0.05, 0.1) is 16.5 Å². The fourth-order valence-electron chi connectivity index (χ4n) is 5.08. The molecule has 0 saturated carbocycles. The molecule has 1 aliphatic heterocycles. The molecule has 0 amide bonds. The summed E-state index contributed by atoms with van der Waals surface area (Å²) in [4.78, 5) is 3.39. The molecule has 0 bridgehead atoms. The summed E-state index contributed by atoms with van der Waals surface area (Å²) in [5, 5.41) is 2.58. The van der Waals surface area contributed by atoms with Gasteiger partial charge in [-0.3, -0.25) is 4.55 Å². The number of allylic oxidation sites excluding steroid dienone is 3. The molecule has 184 valence electrons. The summed E-state index contributed by atoms with van der Waals surface area (Å²) in [6, 6.07) is 16.9. The van der Waals surface area contributed by atoms with Crippen LogP contribution in [0.3, 0.4) is 0 Å². The van der Waals surface area contributed by atoms with Crippen molar-refractivity contribution in [3.05, 3.63) is 76.3 Å². The Hall–Kier alpha value is -2.13. The van der Waals surface area contributed by atoms with Gasteiger partial charge < -0.3 is 4.90 Å². The standard InChI is InChI=1S/C27H30N2O3S3/c1-2-28-22-11-3-5-13-24(22)33-26(28)18-20-9-7-10-21(17-20)19-27-29(15-8-16-35(30,31)32)23-12-4-6-14-25(23)34-27/h3-6,11-14,17,19-20H,2,7-10,15-16,18H2,1H3/p+1/b27-19+. The molecule has 0 spiro atoms. The Morgan fingerprint density at radius 1 is 1.17 bits per heavy atom. The van der Waals surface area contributed by atoms with Crippen LogP contribution in [0, 0.1) is 5.92 Å². The van der Waals surface area contributed by atoms with Crippen LogP contribution in [-0.4, -0.2) is 25.3 Å². The highest BCUT2D eigenvalue weighted by molar-refractivity contribution is 8.03. The number of thioether (sulfide) groups is 1. The largest absolute Gasteiger partial charge is 0.335 e. The van der Waals surface area contributed by atoms with Gasteiger partial charge >= 0.3 is 0 Å². The van der Waals surface area contributed by atoms with E-state index in [2.05, 4.69) is 64.9 Å². The average molecular weight is 528 g/mol. The van der Waals surface area contributed by atoms with Crippen LogP contribution in [0.1, 0.15) is 37.6 Å². The lowest BCUT2D eigenvalue weighted by Crippen LogP contribution is -2.35. The molecule has 0 radical (unpaired) electrons. The van der Waals surface area contributed by atoms with Crippen LogP contribution in [-0.2, 0) is 23.1 Å². The average Bonchev–Trinajstić information content (AvgIpc) is 3.35. The molecule has 1 atom stereocenters. The normalized spacial score (nSPS) is 19.4. The zero-order chi connectivity index (χ0) is 24.4. The molecule has 35 heavy (non-hydrogen) atoms. The van der Waals surface area contributed by atoms with Crippen molar-refractivity contribution in [1.29, 1.82) is 0 Å². The Labute approximate surface area is 215 Å². The molecule has 0 saturated heterocycles. The number of rotatable bonds is 8. The molecule has 2 heterocycles. The van der Waals surface area contributed by atoms with Crippen LogP contribution < -0.4 is 9.47 Å². The molecule has 5 rings (SSSR count). The minimum atomic E-state index is -3.96. The number of thiazole rings is 1. The van der Waals surface area contributed by atoms with E-state index in [1.807, 2.05) is 23.5 Å². The van der Waals surface area contributed by atoms with Crippen molar-refractivity contribution >= 4 is 49.1 Å². The van der Waals surface area contributed by atoms with Gasteiger partial charge in [-0.2, -0.15) is 13.0 Å². The van der Waals surface area contributed by atoms with Crippen molar-refractivity contribution in [3.8, 4) is 0 Å². The molecule has 8 heteroatoms. The van der Waals surface area contributed by atoms with E-state index in [4.69, 9.17) is 0 Å². The number of nitrogens with zero attached hydrogens (tertiary/aromatic N) is 2. The lowest BCUT2D eigenvalue weighted by atomic mass is 9.88. The van der Waals surface area contributed by atoms with Crippen LogP contribution in [0.5, 0.6) is 0 Å². The zero-order valence-corrected chi connectivity index (χ0v) is 22.3. The van der Waals surface area contributed by atoms with Crippen molar-refractivity contribution in [2.45, 2.75) is 50.5 Å². The van der Waals surface area contributed by atoms with Gasteiger partial charge in [-0.15, -0.1) is 0 Å². The Kier molecular flexibility index (Phi) is 7.34. The molecule has 1 aliphatic carbocycles. The first-order chi connectivity index (χ1) is 16.9. The van der Waals surface area contributed by atoms with E-state index in [1.54, 1.807) is 11.8 Å². The van der Waals surface area contributed by atoms with Crippen LogP contribution in [0.25, 0.3) is 10.2 Å². The van der Waals surface area contributed by atoms with Crippen LogP contribution in [0.4, 0.5) is 5.69 Å². The highest BCUT2D eigenvalue weighted by Gasteiger charge is 2.27. The van der Waals surface area contributed by atoms with Crippen molar-refractivity contribution < 1.29 is 17.5 Å². The third-order valence-electron chi connectivity index (χ3n) is 6.66. The third-order valence-corrected chi connectivity index (χ3v) is 9.76. The highest BCUT2D eigenvalue weighted by atomic mass is 32.2. The Balaban J connectivity index is 1.37. The SMILES string of the molecule is CC[n+]1c(CC2C=C(/C=C3/Sc4ccccc4N3CCCS(=O)(=O)O)CCC2)sc2ccccc21. The van der Waals surface area contributed by atoms with E-state index in [9.17, 15) is 13.0 Å². The number of benzene rings is 2. The van der Waals surface area contributed by atoms with E-state index in [-0.39, 0.29) is 5.75 Å². The van der Waals surface area contributed by atoms with E-state index in [0.29, 0.717) is 18.9 Å². The molecule has 1 unspecified atom stereocenters. The second kappa shape index (κ2) is 10.5. The number of fused-ring (bicyclic) bond motifs is 2. The fourth-order valence-corrected chi connectivity index (χ4v) is 8.06. The van der Waals surface area contributed by atoms with E-state index in [0.717, 1.165) is 30.1 Å². The van der Waals surface area contributed by atoms with Gasteiger partial charge in [0.1, 0.15) is 11.2 Å². The molecule has 2 aliphatic rings. The first-order valence-electron chi connectivity index (χ1n) is 12.2. The van der Waals surface area contributed by atoms with Gasteiger partial charge in [0.25, 0.3) is 10.1 Å². The van der Waals surface area contributed by atoms with Gasteiger partial charge in [-0.25, -0.2) is 0 Å². The maximum Gasteiger partial charge on any atom is 0.264 e. The monoisotopic (exact) mass is 527 g/mol. The lowest BCUT2D eigenvalue weighted by molar-refractivity contribution is -0.671. The smallest absolute Gasteiger partial charge is 0.264 e. The number of aryl methyl sites for hydroxylation is 1. The van der Waals surface area contributed by atoms with Gasteiger partial charge in [0.2, 0.25) is 10.5 Å². The molecular weight excluding hydrogens is 497 g/mol. The summed E-state index contributed by atoms with van der Waals surface area (Å²) in [6.07, 6.45) is 9.65. The van der Waals surface area contributed by atoms with Crippen LogP contribution in [0.2, 0.25) is 0 Å². The summed E-state index contributed by atoms with van der Waals surface area (Å²) in [5.74, 6) is 0.296. The second-order valence-electron chi connectivity index (χ2n) is 9.15.